The van der Waals surface area contributed by atoms with Crippen LogP contribution in [0.4, 0.5) is 0 Å². The molecule has 0 bridgehead atoms. The van der Waals surface area contributed by atoms with Gasteiger partial charge < -0.3 is 10.1 Å². The van der Waals surface area contributed by atoms with Gasteiger partial charge in [0.1, 0.15) is 6.04 Å². The van der Waals surface area contributed by atoms with E-state index in [1.54, 1.807) is 6.20 Å². The maximum Gasteiger partial charge on any atom is 0.246 e. The fraction of sp³-hybridized carbons (Fsp3) is 0.625. The van der Waals surface area contributed by atoms with Crippen LogP contribution in [0.15, 0.2) is 11.2 Å². The number of carbonyl (C=O) groups is 1. The number of hydrogen-bond donors (Lipinski definition) is 1. The molecule has 0 aromatic rings. The van der Waals surface area contributed by atoms with Gasteiger partial charge in [-0.05, 0) is 0 Å². The molecule has 4 nitrogen and oxygen atoms in total. The summed E-state index contributed by atoms with van der Waals surface area (Å²) in [6.07, 6.45) is 1.56. The number of amides is 1. The molecule has 0 radical (unpaired) electrons. The van der Waals surface area contributed by atoms with Crippen molar-refractivity contribution in [2.45, 2.75) is 6.04 Å². The zero-order valence-electron chi connectivity index (χ0n) is 7.12. The van der Waals surface area contributed by atoms with E-state index in [9.17, 15) is 4.79 Å². The zero-order valence-corrected chi connectivity index (χ0v) is 7.88. The minimum atomic E-state index is -0.287. The summed E-state index contributed by atoms with van der Waals surface area (Å²) in [5.41, 5.74) is 0. The predicted molar refractivity (Wildman–Crippen MR) is 48.3 cm³/mol. The summed E-state index contributed by atoms with van der Waals surface area (Å²) in [6.45, 7) is 2.88. The number of morpholine rings is 1. The standard InChI is InChI=1S/C8H11ClN2O2/c9-6-5-10-8(12)7(6)11-1-3-13-4-2-11/h5,7H,1-4H2,(H,10,12). The number of halogens is 1. The lowest BCUT2D eigenvalue weighted by Gasteiger charge is -2.30. The van der Waals surface area contributed by atoms with Crippen molar-refractivity contribution in [2.75, 3.05) is 26.3 Å². The average Bonchev–Trinajstić information content (AvgIpc) is 2.48. The second kappa shape index (κ2) is 3.65. The first kappa shape index (κ1) is 8.99. The lowest BCUT2D eigenvalue weighted by molar-refractivity contribution is -0.124. The monoisotopic (exact) mass is 202 g/mol. The van der Waals surface area contributed by atoms with Gasteiger partial charge in [0.2, 0.25) is 5.91 Å². The number of hydrogen-bond acceptors (Lipinski definition) is 3. The highest BCUT2D eigenvalue weighted by atomic mass is 35.5. The van der Waals surface area contributed by atoms with Crippen LogP contribution in [0.1, 0.15) is 0 Å². The summed E-state index contributed by atoms with van der Waals surface area (Å²) >= 11 is 5.90. The number of nitrogens with zero attached hydrogens (tertiary/aromatic N) is 1. The first-order valence-electron chi connectivity index (χ1n) is 4.27. The summed E-state index contributed by atoms with van der Waals surface area (Å²) < 4.78 is 5.19. The van der Waals surface area contributed by atoms with Crippen LogP contribution in [0, 0.1) is 0 Å². The molecule has 0 spiro atoms. The van der Waals surface area contributed by atoms with E-state index in [-0.39, 0.29) is 11.9 Å². The van der Waals surface area contributed by atoms with Crippen LogP contribution in [0.5, 0.6) is 0 Å². The van der Waals surface area contributed by atoms with Crippen molar-refractivity contribution in [3.05, 3.63) is 11.2 Å². The van der Waals surface area contributed by atoms with Gasteiger partial charge in [-0.15, -0.1) is 0 Å². The summed E-state index contributed by atoms with van der Waals surface area (Å²) in [6, 6.07) is -0.287. The SMILES string of the molecule is O=C1NC=C(Cl)C1N1CCOCC1. The van der Waals surface area contributed by atoms with E-state index < -0.39 is 0 Å². The Hall–Kier alpha value is -0.580. The molecular formula is C8H11ClN2O2. The molecule has 72 valence electrons. The summed E-state index contributed by atoms with van der Waals surface area (Å²) in [4.78, 5) is 13.4. The van der Waals surface area contributed by atoms with E-state index in [1.165, 1.54) is 0 Å². The van der Waals surface area contributed by atoms with Crippen molar-refractivity contribution >= 4 is 17.5 Å². The minimum absolute atomic E-state index is 0.0353. The molecule has 0 aromatic carbocycles. The maximum atomic E-state index is 11.4. The van der Waals surface area contributed by atoms with Crippen molar-refractivity contribution < 1.29 is 9.53 Å². The van der Waals surface area contributed by atoms with E-state index in [2.05, 4.69) is 5.32 Å². The molecule has 5 heteroatoms. The van der Waals surface area contributed by atoms with Crippen molar-refractivity contribution in [1.29, 1.82) is 0 Å². The van der Waals surface area contributed by atoms with Gasteiger partial charge in [-0.25, -0.2) is 0 Å². The van der Waals surface area contributed by atoms with E-state index in [1.807, 2.05) is 4.90 Å². The quantitative estimate of drug-likeness (QED) is 0.646. The van der Waals surface area contributed by atoms with Gasteiger partial charge in [-0.2, -0.15) is 0 Å². The van der Waals surface area contributed by atoms with Crippen molar-refractivity contribution in [3.63, 3.8) is 0 Å². The summed E-state index contributed by atoms with van der Waals surface area (Å²) in [5, 5.41) is 3.18. The second-order valence-corrected chi connectivity index (χ2v) is 3.53. The topological polar surface area (TPSA) is 41.6 Å². The number of nitrogens with one attached hydrogen (secondary N) is 1. The molecule has 1 N–H and O–H groups in total. The molecule has 0 saturated carbocycles. The zero-order chi connectivity index (χ0) is 9.26. The van der Waals surface area contributed by atoms with Crippen molar-refractivity contribution in [1.82, 2.24) is 10.2 Å². The van der Waals surface area contributed by atoms with Crippen LogP contribution in [0.3, 0.4) is 0 Å². The average molecular weight is 203 g/mol. The Kier molecular flexibility index (Phi) is 2.53. The molecule has 13 heavy (non-hydrogen) atoms. The molecule has 0 aliphatic carbocycles. The van der Waals surface area contributed by atoms with E-state index in [0.29, 0.717) is 18.2 Å². The minimum Gasteiger partial charge on any atom is -0.379 e. The molecular weight excluding hydrogens is 192 g/mol. The van der Waals surface area contributed by atoms with Gasteiger partial charge in [0, 0.05) is 19.3 Å². The molecule has 2 aliphatic rings. The highest BCUT2D eigenvalue weighted by molar-refractivity contribution is 6.33. The number of carbonyl (C=O) groups excluding carboxylic acids is 1. The first-order valence-corrected chi connectivity index (χ1v) is 4.64. The van der Waals surface area contributed by atoms with Crippen molar-refractivity contribution in [2.24, 2.45) is 0 Å². The third-order valence-electron chi connectivity index (χ3n) is 2.27. The third kappa shape index (κ3) is 1.70. The van der Waals surface area contributed by atoms with Crippen LogP contribution in [-0.4, -0.2) is 43.2 Å². The Labute approximate surface area is 81.5 Å². The van der Waals surface area contributed by atoms with Crippen LogP contribution < -0.4 is 5.32 Å². The molecule has 1 atom stereocenters. The molecule has 1 amide bonds. The van der Waals surface area contributed by atoms with Crippen LogP contribution in [0.25, 0.3) is 0 Å². The van der Waals surface area contributed by atoms with E-state index >= 15 is 0 Å². The number of rotatable bonds is 1. The maximum absolute atomic E-state index is 11.4. The molecule has 0 aromatic heterocycles. The fourth-order valence-corrected chi connectivity index (χ4v) is 1.89. The molecule has 2 heterocycles. The van der Waals surface area contributed by atoms with Gasteiger partial charge in [0.15, 0.2) is 0 Å². The van der Waals surface area contributed by atoms with Crippen LogP contribution in [-0.2, 0) is 9.53 Å². The molecule has 1 fully saturated rings. The van der Waals surface area contributed by atoms with Gasteiger partial charge in [-0.3, -0.25) is 9.69 Å². The normalized spacial score (nSPS) is 30.1. The summed E-state index contributed by atoms with van der Waals surface area (Å²) in [5.74, 6) is -0.0353. The smallest absolute Gasteiger partial charge is 0.246 e. The van der Waals surface area contributed by atoms with Crippen molar-refractivity contribution in [3.8, 4) is 0 Å². The lowest BCUT2D eigenvalue weighted by Crippen LogP contribution is -2.47. The lowest BCUT2D eigenvalue weighted by atomic mass is 10.2. The van der Waals surface area contributed by atoms with Gasteiger partial charge in [0.05, 0.1) is 18.2 Å². The van der Waals surface area contributed by atoms with Gasteiger partial charge in [0.25, 0.3) is 0 Å². The highest BCUT2D eigenvalue weighted by Gasteiger charge is 2.33. The third-order valence-corrected chi connectivity index (χ3v) is 2.59. The van der Waals surface area contributed by atoms with E-state index in [4.69, 9.17) is 16.3 Å². The van der Waals surface area contributed by atoms with E-state index in [0.717, 1.165) is 13.1 Å². The molecule has 2 rings (SSSR count). The Morgan fingerprint density at radius 2 is 2.23 bits per heavy atom. The van der Waals surface area contributed by atoms with Crippen LogP contribution >= 0.6 is 11.6 Å². The second-order valence-electron chi connectivity index (χ2n) is 3.09. The largest absolute Gasteiger partial charge is 0.379 e. The molecule has 1 saturated heterocycles. The Bertz CT molecular complexity index is 249. The van der Waals surface area contributed by atoms with Crippen LogP contribution in [0.2, 0.25) is 0 Å². The van der Waals surface area contributed by atoms with Gasteiger partial charge in [-0.1, -0.05) is 11.6 Å². The Morgan fingerprint density at radius 1 is 1.54 bits per heavy atom. The predicted octanol–water partition coefficient (Wildman–Crippen LogP) is -0.103. The molecule has 2 aliphatic heterocycles. The summed E-state index contributed by atoms with van der Waals surface area (Å²) in [7, 11) is 0. The molecule has 1 unspecified atom stereocenters. The first-order chi connectivity index (χ1) is 6.29. The number of ether oxygens (including phenoxy) is 1. The Balaban J connectivity index is 2.05. The van der Waals surface area contributed by atoms with Gasteiger partial charge >= 0.3 is 0 Å². The fourth-order valence-electron chi connectivity index (χ4n) is 1.60. The highest BCUT2D eigenvalue weighted by Crippen LogP contribution is 2.19. The Morgan fingerprint density at radius 3 is 2.77 bits per heavy atom.